The summed E-state index contributed by atoms with van der Waals surface area (Å²) < 4.78 is 12.8. The molecule has 0 aliphatic carbocycles. The van der Waals surface area contributed by atoms with Gasteiger partial charge in [-0.2, -0.15) is 0 Å². The van der Waals surface area contributed by atoms with Gasteiger partial charge in [-0.25, -0.2) is 4.39 Å². The van der Waals surface area contributed by atoms with Gasteiger partial charge in [-0.1, -0.05) is 12.1 Å². The van der Waals surface area contributed by atoms with Crippen LogP contribution in [0.1, 0.15) is 12.0 Å². The van der Waals surface area contributed by atoms with Crippen molar-refractivity contribution < 1.29 is 14.3 Å². The molecule has 0 spiro atoms. The fourth-order valence-corrected chi connectivity index (χ4v) is 2.68. The molecule has 1 aromatic carbocycles. The largest absolute Gasteiger partial charge is 0.387 e. The summed E-state index contributed by atoms with van der Waals surface area (Å²) in [4.78, 5) is 15.8. The lowest BCUT2D eigenvalue weighted by atomic mass is 10.0. The molecule has 5 heteroatoms. The van der Waals surface area contributed by atoms with Crippen LogP contribution in [0.4, 0.5) is 4.39 Å². The van der Waals surface area contributed by atoms with E-state index in [1.165, 1.54) is 12.1 Å². The van der Waals surface area contributed by atoms with E-state index < -0.39 is 5.60 Å². The van der Waals surface area contributed by atoms with Crippen LogP contribution in [0.2, 0.25) is 0 Å². The predicted molar refractivity (Wildman–Crippen MR) is 74.8 cm³/mol. The maximum Gasteiger partial charge on any atom is 0.227 e. The highest BCUT2D eigenvalue weighted by atomic mass is 19.1. The van der Waals surface area contributed by atoms with E-state index in [0.29, 0.717) is 26.1 Å². The van der Waals surface area contributed by atoms with Crippen molar-refractivity contribution in [3.8, 4) is 0 Å². The minimum absolute atomic E-state index is 0.0220. The Labute approximate surface area is 118 Å². The molecule has 1 saturated heterocycles. The minimum Gasteiger partial charge on any atom is -0.387 e. The Hall–Kier alpha value is -1.46. The number of hydrogen-bond acceptors (Lipinski definition) is 3. The molecular formula is C15H21FN2O2. The van der Waals surface area contributed by atoms with Gasteiger partial charge in [0, 0.05) is 13.1 Å². The van der Waals surface area contributed by atoms with Crippen LogP contribution in [0, 0.1) is 5.82 Å². The van der Waals surface area contributed by atoms with E-state index in [0.717, 1.165) is 5.56 Å². The maximum absolute atomic E-state index is 12.8. The number of rotatable bonds is 4. The lowest BCUT2D eigenvalue weighted by Gasteiger charge is -2.26. The number of carbonyl (C=O) groups is 1. The molecule has 0 bridgehead atoms. The summed E-state index contributed by atoms with van der Waals surface area (Å²) >= 11 is 0. The van der Waals surface area contributed by atoms with Crippen molar-refractivity contribution in [3.63, 3.8) is 0 Å². The van der Waals surface area contributed by atoms with Crippen LogP contribution >= 0.6 is 0 Å². The van der Waals surface area contributed by atoms with E-state index in [1.54, 1.807) is 17.0 Å². The van der Waals surface area contributed by atoms with Crippen molar-refractivity contribution in [2.45, 2.75) is 18.4 Å². The number of halogens is 1. The van der Waals surface area contributed by atoms with E-state index in [-0.39, 0.29) is 18.1 Å². The third-order valence-electron chi connectivity index (χ3n) is 3.56. The lowest BCUT2D eigenvalue weighted by molar-refractivity contribution is -0.130. The van der Waals surface area contributed by atoms with Crippen molar-refractivity contribution >= 4 is 5.91 Å². The second-order valence-corrected chi connectivity index (χ2v) is 5.83. The van der Waals surface area contributed by atoms with Crippen molar-refractivity contribution in [1.29, 1.82) is 0 Å². The molecule has 20 heavy (non-hydrogen) atoms. The number of amides is 1. The van der Waals surface area contributed by atoms with Crippen LogP contribution in [0.3, 0.4) is 0 Å². The molecule has 1 amide bonds. The third kappa shape index (κ3) is 3.77. The monoisotopic (exact) mass is 280 g/mol. The Morgan fingerprint density at radius 1 is 1.40 bits per heavy atom. The zero-order valence-electron chi connectivity index (χ0n) is 12.0. The quantitative estimate of drug-likeness (QED) is 0.891. The van der Waals surface area contributed by atoms with Crippen LogP contribution in [0.5, 0.6) is 0 Å². The number of likely N-dealkylation sites (N-methyl/N-ethyl adjacent to an activating group) is 1. The topological polar surface area (TPSA) is 43.8 Å². The number of benzene rings is 1. The first-order valence-corrected chi connectivity index (χ1v) is 6.77. The molecule has 0 saturated carbocycles. The normalized spacial score (nSPS) is 22.6. The minimum atomic E-state index is -0.818. The molecular weight excluding hydrogens is 259 g/mol. The smallest absolute Gasteiger partial charge is 0.227 e. The van der Waals surface area contributed by atoms with Crippen molar-refractivity contribution in [3.05, 3.63) is 35.6 Å². The van der Waals surface area contributed by atoms with E-state index in [2.05, 4.69) is 0 Å². The molecule has 1 N–H and O–H groups in total. The Bertz CT molecular complexity index is 475. The summed E-state index contributed by atoms with van der Waals surface area (Å²) in [5.41, 5.74) is -0.0263. The van der Waals surface area contributed by atoms with Gasteiger partial charge in [0.2, 0.25) is 5.91 Å². The third-order valence-corrected chi connectivity index (χ3v) is 3.56. The van der Waals surface area contributed by atoms with E-state index in [9.17, 15) is 14.3 Å². The Kier molecular flexibility index (Phi) is 4.40. The van der Waals surface area contributed by atoms with Crippen molar-refractivity contribution in [2.75, 3.05) is 33.7 Å². The van der Waals surface area contributed by atoms with Crippen LogP contribution < -0.4 is 0 Å². The lowest BCUT2D eigenvalue weighted by Crippen LogP contribution is -2.43. The van der Waals surface area contributed by atoms with Gasteiger partial charge in [0.05, 0.1) is 18.6 Å². The van der Waals surface area contributed by atoms with Gasteiger partial charge in [-0.3, -0.25) is 4.79 Å². The van der Waals surface area contributed by atoms with Gasteiger partial charge in [-0.05, 0) is 38.2 Å². The number of aliphatic hydroxyl groups is 1. The van der Waals surface area contributed by atoms with Crippen LogP contribution in [0.25, 0.3) is 0 Å². The van der Waals surface area contributed by atoms with Gasteiger partial charge < -0.3 is 14.9 Å². The highest BCUT2D eigenvalue weighted by Gasteiger charge is 2.38. The van der Waals surface area contributed by atoms with E-state index in [4.69, 9.17) is 0 Å². The van der Waals surface area contributed by atoms with Gasteiger partial charge >= 0.3 is 0 Å². The molecule has 110 valence electrons. The molecule has 0 radical (unpaired) electrons. The van der Waals surface area contributed by atoms with Gasteiger partial charge in [0.25, 0.3) is 0 Å². The summed E-state index contributed by atoms with van der Waals surface area (Å²) in [5.74, 6) is -0.325. The number of nitrogens with zero attached hydrogens (tertiary/aromatic N) is 2. The Morgan fingerprint density at radius 2 is 2.05 bits per heavy atom. The molecule has 1 fully saturated rings. The Balaban J connectivity index is 1.93. The number of β-amino-alcohol motifs (C(OH)–C–C–N with tert-alkyl or cyclic N) is 1. The van der Waals surface area contributed by atoms with Gasteiger partial charge in [0.1, 0.15) is 5.82 Å². The number of hydrogen-bond donors (Lipinski definition) is 1. The maximum atomic E-state index is 12.8. The fraction of sp³-hybridized carbons (Fsp3) is 0.533. The second kappa shape index (κ2) is 5.89. The average Bonchev–Trinajstić information content (AvgIpc) is 2.73. The molecule has 1 aliphatic rings. The van der Waals surface area contributed by atoms with Gasteiger partial charge in [-0.15, -0.1) is 0 Å². The molecule has 1 heterocycles. The van der Waals surface area contributed by atoms with Crippen molar-refractivity contribution in [2.24, 2.45) is 0 Å². The predicted octanol–water partition coefficient (Wildman–Crippen LogP) is 0.893. The zero-order valence-corrected chi connectivity index (χ0v) is 12.0. The highest BCUT2D eigenvalue weighted by Crippen LogP contribution is 2.22. The van der Waals surface area contributed by atoms with Crippen LogP contribution in [-0.2, 0) is 11.2 Å². The molecule has 1 unspecified atom stereocenters. The summed E-state index contributed by atoms with van der Waals surface area (Å²) in [6.45, 7) is 1.49. The standard InChI is InChI=1S/C15H21FN2O2/c1-17(2)10-15(20)7-8-18(11-15)14(19)9-12-3-5-13(16)6-4-12/h3-6,20H,7-11H2,1-2H3. The fourth-order valence-electron chi connectivity index (χ4n) is 2.68. The molecule has 1 atom stereocenters. The molecule has 1 aliphatic heterocycles. The van der Waals surface area contributed by atoms with E-state index >= 15 is 0 Å². The first-order chi connectivity index (χ1) is 9.38. The van der Waals surface area contributed by atoms with Crippen molar-refractivity contribution in [1.82, 2.24) is 9.80 Å². The van der Waals surface area contributed by atoms with Crippen LogP contribution in [-0.4, -0.2) is 60.1 Å². The number of carbonyl (C=O) groups excluding carboxylic acids is 1. The number of likely N-dealkylation sites (tertiary alicyclic amines) is 1. The SMILES string of the molecule is CN(C)CC1(O)CCN(C(=O)Cc2ccc(F)cc2)C1. The first kappa shape index (κ1) is 14.9. The first-order valence-electron chi connectivity index (χ1n) is 6.77. The molecule has 2 rings (SSSR count). The van der Waals surface area contributed by atoms with Gasteiger partial charge in [0.15, 0.2) is 0 Å². The molecule has 1 aromatic rings. The summed E-state index contributed by atoms with van der Waals surface area (Å²) in [6.07, 6.45) is 0.846. The zero-order chi connectivity index (χ0) is 14.8. The molecule has 4 nitrogen and oxygen atoms in total. The van der Waals surface area contributed by atoms with Crippen LogP contribution in [0.15, 0.2) is 24.3 Å². The van der Waals surface area contributed by atoms with E-state index in [1.807, 2.05) is 19.0 Å². The Morgan fingerprint density at radius 3 is 2.65 bits per heavy atom. The summed E-state index contributed by atoms with van der Waals surface area (Å²) in [6, 6.07) is 5.95. The summed E-state index contributed by atoms with van der Waals surface area (Å²) in [7, 11) is 3.81. The summed E-state index contributed by atoms with van der Waals surface area (Å²) in [5, 5.41) is 10.4. The average molecular weight is 280 g/mol. The highest BCUT2D eigenvalue weighted by molar-refractivity contribution is 5.79. The molecule has 0 aromatic heterocycles. The second-order valence-electron chi connectivity index (χ2n) is 5.83.